The Morgan fingerprint density at radius 3 is 2.80 bits per heavy atom. The van der Waals surface area contributed by atoms with Crippen molar-refractivity contribution in [2.75, 3.05) is 19.6 Å². The number of Topliss-reactive ketones (excluding diaryl/α,β-unsaturated/α-hetero) is 1. The second-order valence-electron chi connectivity index (χ2n) is 7.02. The van der Waals surface area contributed by atoms with Crippen LogP contribution in [0.1, 0.15) is 47.2 Å². The first-order chi connectivity index (χ1) is 12.1. The predicted octanol–water partition coefficient (Wildman–Crippen LogP) is 5.19. The fourth-order valence-corrected chi connectivity index (χ4v) is 4.40. The lowest BCUT2D eigenvalue weighted by atomic mass is 9.89. The Kier molecular flexibility index (Phi) is 4.49. The zero-order valence-electron chi connectivity index (χ0n) is 14.5. The maximum Gasteiger partial charge on any atom is 0.164 e. The van der Waals surface area contributed by atoms with E-state index in [-0.39, 0.29) is 5.78 Å². The maximum absolute atomic E-state index is 12.4. The van der Waals surface area contributed by atoms with Gasteiger partial charge in [0, 0.05) is 42.6 Å². The molecule has 1 fully saturated rings. The Morgan fingerprint density at radius 2 is 2.00 bits per heavy atom. The summed E-state index contributed by atoms with van der Waals surface area (Å²) in [6.45, 7) is 5.08. The first-order valence-electron chi connectivity index (χ1n) is 8.93. The highest BCUT2D eigenvalue weighted by atomic mass is 35.5. The van der Waals surface area contributed by atoms with Crippen LogP contribution in [0.15, 0.2) is 54.1 Å². The summed E-state index contributed by atoms with van der Waals surface area (Å²) in [6, 6.07) is 15.9. The molecule has 0 radical (unpaired) electrons. The molecule has 2 nitrogen and oxygen atoms in total. The van der Waals surface area contributed by atoms with Crippen LogP contribution in [0.5, 0.6) is 0 Å². The Balaban J connectivity index is 1.45. The standard InChI is InChI=1S/C22H22ClNO/c1-15-18-8-7-17(23)13-20(18)21-14-24(11-9-19(15)21)12-10-22(25)16-5-3-2-4-6-16/h2-8,13,21H,9-12,14H2,1H3. The van der Waals surface area contributed by atoms with Crippen LogP contribution in [-0.2, 0) is 0 Å². The molecule has 4 rings (SSSR count). The number of carbonyl (C=O) groups is 1. The van der Waals surface area contributed by atoms with Crippen molar-refractivity contribution in [3.05, 3.63) is 75.8 Å². The molecule has 25 heavy (non-hydrogen) atoms. The van der Waals surface area contributed by atoms with Gasteiger partial charge in [-0.05, 0) is 42.2 Å². The molecule has 1 heterocycles. The summed E-state index contributed by atoms with van der Waals surface area (Å²) < 4.78 is 0. The zero-order valence-corrected chi connectivity index (χ0v) is 15.2. The number of piperidine rings is 1. The molecule has 1 atom stereocenters. The Hall–Kier alpha value is -1.90. The summed E-state index contributed by atoms with van der Waals surface area (Å²) >= 11 is 6.23. The molecule has 0 spiro atoms. The van der Waals surface area contributed by atoms with E-state index in [0.717, 1.165) is 36.6 Å². The molecule has 1 aliphatic carbocycles. The van der Waals surface area contributed by atoms with Crippen LogP contribution < -0.4 is 0 Å². The van der Waals surface area contributed by atoms with Crippen molar-refractivity contribution in [2.45, 2.75) is 25.7 Å². The lowest BCUT2D eigenvalue weighted by Crippen LogP contribution is -2.36. The van der Waals surface area contributed by atoms with Gasteiger partial charge in [-0.15, -0.1) is 0 Å². The second kappa shape index (κ2) is 6.78. The maximum atomic E-state index is 12.4. The minimum absolute atomic E-state index is 0.230. The number of hydrogen-bond acceptors (Lipinski definition) is 2. The number of allylic oxidation sites excluding steroid dienone is 1. The number of halogens is 1. The van der Waals surface area contributed by atoms with Crippen LogP contribution in [0.25, 0.3) is 5.57 Å². The molecule has 1 saturated heterocycles. The molecular formula is C22H22ClNO. The molecular weight excluding hydrogens is 330 g/mol. The Bertz CT molecular complexity index is 840. The van der Waals surface area contributed by atoms with E-state index in [9.17, 15) is 4.79 Å². The highest BCUT2D eigenvalue weighted by Gasteiger charge is 2.33. The smallest absolute Gasteiger partial charge is 0.164 e. The molecule has 0 amide bonds. The summed E-state index contributed by atoms with van der Waals surface area (Å²) in [5, 5.41) is 0.809. The first-order valence-corrected chi connectivity index (χ1v) is 9.31. The number of hydrogen-bond donors (Lipinski definition) is 0. The van der Waals surface area contributed by atoms with Crippen LogP contribution in [-0.4, -0.2) is 30.3 Å². The molecule has 0 aromatic heterocycles. The minimum atomic E-state index is 0.230. The third-order valence-corrected chi connectivity index (χ3v) is 5.82. The van der Waals surface area contributed by atoms with Crippen molar-refractivity contribution in [3.63, 3.8) is 0 Å². The zero-order chi connectivity index (χ0) is 17.4. The molecule has 3 heteroatoms. The molecule has 2 aromatic rings. The van der Waals surface area contributed by atoms with Crippen molar-refractivity contribution < 1.29 is 4.79 Å². The highest BCUT2D eigenvalue weighted by Crippen LogP contribution is 2.46. The van der Waals surface area contributed by atoms with E-state index < -0.39 is 0 Å². The average molecular weight is 352 g/mol. The number of ketones is 1. The molecule has 128 valence electrons. The van der Waals surface area contributed by atoms with Crippen molar-refractivity contribution in [2.24, 2.45) is 0 Å². The van der Waals surface area contributed by atoms with Gasteiger partial charge in [-0.2, -0.15) is 0 Å². The van der Waals surface area contributed by atoms with Gasteiger partial charge in [0.05, 0.1) is 0 Å². The predicted molar refractivity (Wildman–Crippen MR) is 103 cm³/mol. The van der Waals surface area contributed by atoms with Crippen molar-refractivity contribution in [1.82, 2.24) is 4.90 Å². The van der Waals surface area contributed by atoms with E-state index in [0.29, 0.717) is 12.3 Å². The number of carbonyl (C=O) groups excluding carboxylic acids is 1. The van der Waals surface area contributed by atoms with Gasteiger partial charge in [0.15, 0.2) is 5.78 Å². The highest BCUT2D eigenvalue weighted by molar-refractivity contribution is 6.30. The molecule has 1 aliphatic heterocycles. The molecule has 0 saturated carbocycles. The summed E-state index contributed by atoms with van der Waals surface area (Å²) in [6.07, 6.45) is 1.67. The lowest BCUT2D eigenvalue weighted by molar-refractivity contribution is 0.0960. The number of nitrogens with zero attached hydrogens (tertiary/aromatic N) is 1. The van der Waals surface area contributed by atoms with E-state index in [2.05, 4.69) is 24.0 Å². The molecule has 2 aliphatic rings. The molecule has 0 bridgehead atoms. The van der Waals surface area contributed by atoms with Gasteiger partial charge in [-0.3, -0.25) is 4.79 Å². The average Bonchev–Trinajstić information content (AvgIpc) is 2.92. The number of fused-ring (bicyclic) bond motifs is 3. The number of likely N-dealkylation sites (tertiary alicyclic amines) is 1. The first kappa shape index (κ1) is 16.6. The molecule has 1 unspecified atom stereocenters. The molecule has 0 N–H and O–H groups in total. The number of benzene rings is 2. The van der Waals surface area contributed by atoms with Gasteiger partial charge < -0.3 is 4.90 Å². The summed E-state index contributed by atoms with van der Waals surface area (Å²) in [4.78, 5) is 14.8. The van der Waals surface area contributed by atoms with E-state index in [4.69, 9.17) is 11.6 Å². The van der Waals surface area contributed by atoms with Crippen molar-refractivity contribution in [3.8, 4) is 0 Å². The van der Waals surface area contributed by atoms with Crippen LogP contribution in [0.2, 0.25) is 5.02 Å². The van der Waals surface area contributed by atoms with E-state index >= 15 is 0 Å². The minimum Gasteiger partial charge on any atom is -0.302 e. The summed E-state index contributed by atoms with van der Waals surface area (Å²) in [5.74, 6) is 0.669. The van der Waals surface area contributed by atoms with Gasteiger partial charge in [-0.1, -0.05) is 53.6 Å². The van der Waals surface area contributed by atoms with Crippen LogP contribution >= 0.6 is 11.6 Å². The lowest BCUT2D eigenvalue weighted by Gasteiger charge is -2.33. The normalized spacial score (nSPS) is 19.7. The van der Waals surface area contributed by atoms with E-state index in [1.165, 1.54) is 16.7 Å². The van der Waals surface area contributed by atoms with Crippen molar-refractivity contribution >= 4 is 23.0 Å². The fraction of sp³-hybridized carbons (Fsp3) is 0.318. The van der Waals surface area contributed by atoms with Gasteiger partial charge >= 0.3 is 0 Å². The SMILES string of the molecule is CC1=C2CCN(CCC(=O)c3ccccc3)CC2c2cc(Cl)ccc21. The topological polar surface area (TPSA) is 20.3 Å². The van der Waals surface area contributed by atoms with Crippen LogP contribution in [0.3, 0.4) is 0 Å². The Labute approximate surface area is 154 Å². The van der Waals surface area contributed by atoms with Gasteiger partial charge in [0.2, 0.25) is 0 Å². The van der Waals surface area contributed by atoms with Crippen LogP contribution in [0, 0.1) is 0 Å². The van der Waals surface area contributed by atoms with Gasteiger partial charge in [-0.25, -0.2) is 0 Å². The van der Waals surface area contributed by atoms with E-state index in [1.807, 2.05) is 36.4 Å². The van der Waals surface area contributed by atoms with Crippen molar-refractivity contribution in [1.29, 1.82) is 0 Å². The van der Waals surface area contributed by atoms with Crippen LogP contribution in [0.4, 0.5) is 0 Å². The number of rotatable bonds is 4. The third kappa shape index (κ3) is 3.17. The fourth-order valence-electron chi connectivity index (χ4n) is 4.21. The second-order valence-corrected chi connectivity index (χ2v) is 7.46. The summed E-state index contributed by atoms with van der Waals surface area (Å²) in [5.41, 5.74) is 6.51. The molecule has 2 aromatic carbocycles. The van der Waals surface area contributed by atoms with E-state index in [1.54, 1.807) is 5.57 Å². The quantitative estimate of drug-likeness (QED) is 0.706. The Morgan fingerprint density at radius 1 is 1.20 bits per heavy atom. The largest absolute Gasteiger partial charge is 0.302 e. The third-order valence-electron chi connectivity index (χ3n) is 5.58. The summed E-state index contributed by atoms with van der Waals surface area (Å²) in [7, 11) is 0. The van der Waals surface area contributed by atoms with Gasteiger partial charge in [0.1, 0.15) is 0 Å². The monoisotopic (exact) mass is 351 g/mol. The van der Waals surface area contributed by atoms with Gasteiger partial charge in [0.25, 0.3) is 0 Å².